The molecule has 3 aliphatic rings. The van der Waals surface area contributed by atoms with Crippen molar-refractivity contribution in [3.05, 3.63) is 76.4 Å². The second-order valence-electron chi connectivity index (χ2n) is 9.62. The lowest BCUT2D eigenvalue weighted by atomic mass is 9.83. The number of allylic oxidation sites excluding steroid dienone is 3. The van der Waals surface area contributed by atoms with Crippen molar-refractivity contribution in [1.82, 2.24) is 13.2 Å². The molecule has 2 atom stereocenters. The molecule has 0 amide bonds. The van der Waals surface area contributed by atoms with E-state index in [1.54, 1.807) is 26.5 Å². The molecule has 1 aromatic carbocycles. The largest absolute Gasteiger partial charge is 0.498 e. The highest BCUT2D eigenvalue weighted by atomic mass is 32.2. The first kappa shape index (κ1) is 24.4. The lowest BCUT2D eigenvalue weighted by Crippen LogP contribution is -2.37. The molecule has 0 saturated carbocycles. The van der Waals surface area contributed by atoms with Crippen molar-refractivity contribution in [2.75, 3.05) is 34.9 Å². The van der Waals surface area contributed by atoms with Gasteiger partial charge in [0, 0.05) is 56.0 Å². The fraction of sp³-hybridized carbons (Fsp3) is 0.370. The van der Waals surface area contributed by atoms with E-state index in [9.17, 15) is 13.7 Å². The van der Waals surface area contributed by atoms with Gasteiger partial charge in [0.1, 0.15) is 17.4 Å². The highest BCUT2D eigenvalue weighted by molar-refractivity contribution is 7.87. The summed E-state index contributed by atoms with van der Waals surface area (Å²) in [5.41, 5.74) is 4.98. The lowest BCUT2D eigenvalue weighted by Gasteiger charge is -2.38. The van der Waals surface area contributed by atoms with Crippen molar-refractivity contribution in [3.8, 4) is 6.07 Å². The molecule has 2 aliphatic heterocycles. The Bertz CT molecular complexity index is 1550. The van der Waals surface area contributed by atoms with E-state index in [2.05, 4.69) is 24.0 Å². The lowest BCUT2D eigenvalue weighted by molar-refractivity contribution is 0.0303. The average Bonchev–Trinajstić information content (AvgIpc) is 3.38. The van der Waals surface area contributed by atoms with E-state index >= 15 is 0 Å². The minimum Gasteiger partial charge on any atom is -0.498 e. The molecule has 36 heavy (non-hydrogen) atoms. The Morgan fingerprint density at radius 2 is 1.94 bits per heavy atom. The summed E-state index contributed by atoms with van der Waals surface area (Å²) in [6, 6.07) is 9.77. The standard InChI is InChI=1S/C27H30N4O4S/c1-17-25(22-16-31(36(32,33)29(3)4)23-10-8-7-9-19(22)23)21(15-28)26-20-13-24(34-5)27(2,35-6)14-18(20)11-12-30(17)26/h7-10,13-14,16-17H,11-12H2,1-6H3. The van der Waals surface area contributed by atoms with E-state index < -0.39 is 15.8 Å². The molecule has 0 saturated heterocycles. The Hall–Kier alpha value is -3.32. The summed E-state index contributed by atoms with van der Waals surface area (Å²) in [6.45, 7) is 4.78. The Labute approximate surface area is 212 Å². The number of para-hydroxylation sites is 1. The molecule has 5 rings (SSSR count). The van der Waals surface area contributed by atoms with E-state index in [1.165, 1.54) is 22.4 Å². The molecule has 188 valence electrons. The zero-order valence-corrected chi connectivity index (χ0v) is 22.2. The number of aromatic nitrogens is 1. The maximum absolute atomic E-state index is 13.2. The van der Waals surface area contributed by atoms with Crippen LogP contribution in [0.25, 0.3) is 16.5 Å². The van der Waals surface area contributed by atoms with Gasteiger partial charge in [0.15, 0.2) is 0 Å². The van der Waals surface area contributed by atoms with Gasteiger partial charge in [-0.15, -0.1) is 0 Å². The smallest absolute Gasteiger partial charge is 0.307 e. The molecule has 1 aliphatic carbocycles. The summed E-state index contributed by atoms with van der Waals surface area (Å²) in [7, 11) is 2.55. The van der Waals surface area contributed by atoms with Crippen LogP contribution in [0.3, 0.4) is 0 Å². The first-order chi connectivity index (χ1) is 17.1. The maximum atomic E-state index is 13.2. The highest BCUT2D eigenvalue weighted by Crippen LogP contribution is 2.49. The average molecular weight is 507 g/mol. The van der Waals surface area contributed by atoms with Crippen molar-refractivity contribution in [2.45, 2.75) is 31.9 Å². The minimum atomic E-state index is -3.76. The van der Waals surface area contributed by atoms with Crippen LogP contribution in [0.4, 0.5) is 0 Å². The molecule has 8 nitrogen and oxygen atoms in total. The minimum absolute atomic E-state index is 0.111. The predicted octanol–water partition coefficient (Wildman–Crippen LogP) is 3.81. The first-order valence-electron chi connectivity index (χ1n) is 11.8. The third-order valence-electron chi connectivity index (χ3n) is 7.55. The maximum Gasteiger partial charge on any atom is 0.307 e. The van der Waals surface area contributed by atoms with Crippen LogP contribution >= 0.6 is 0 Å². The van der Waals surface area contributed by atoms with Crippen LogP contribution in [0, 0.1) is 11.3 Å². The number of methoxy groups -OCH3 is 2. The number of hydrogen-bond donors (Lipinski definition) is 0. The molecule has 0 N–H and O–H groups in total. The third kappa shape index (κ3) is 3.29. The van der Waals surface area contributed by atoms with E-state index in [1.807, 2.05) is 31.2 Å². The molecule has 2 aromatic rings. The molecule has 2 unspecified atom stereocenters. The zero-order valence-electron chi connectivity index (χ0n) is 21.4. The van der Waals surface area contributed by atoms with E-state index in [0.717, 1.165) is 46.3 Å². The van der Waals surface area contributed by atoms with Crippen molar-refractivity contribution < 1.29 is 17.9 Å². The van der Waals surface area contributed by atoms with Gasteiger partial charge in [-0.2, -0.15) is 18.0 Å². The topological polar surface area (TPSA) is 87.8 Å². The van der Waals surface area contributed by atoms with Gasteiger partial charge in [0.25, 0.3) is 0 Å². The van der Waals surface area contributed by atoms with Gasteiger partial charge in [-0.25, -0.2) is 3.97 Å². The summed E-state index contributed by atoms with van der Waals surface area (Å²) in [4.78, 5) is 2.24. The van der Waals surface area contributed by atoms with Gasteiger partial charge in [-0.1, -0.05) is 18.2 Å². The fourth-order valence-electron chi connectivity index (χ4n) is 5.57. The third-order valence-corrected chi connectivity index (χ3v) is 9.27. The van der Waals surface area contributed by atoms with Gasteiger partial charge in [-0.05, 0) is 44.1 Å². The first-order valence-corrected chi connectivity index (χ1v) is 13.2. The molecular weight excluding hydrogens is 476 g/mol. The number of rotatable bonds is 5. The van der Waals surface area contributed by atoms with Crippen LogP contribution < -0.4 is 0 Å². The van der Waals surface area contributed by atoms with Crippen LogP contribution in [0.2, 0.25) is 0 Å². The number of nitrogens with zero attached hydrogens (tertiary/aromatic N) is 4. The van der Waals surface area contributed by atoms with Crippen LogP contribution in [-0.2, 0) is 19.7 Å². The summed E-state index contributed by atoms with van der Waals surface area (Å²) in [5, 5.41) is 11.2. The van der Waals surface area contributed by atoms with Crippen LogP contribution in [0.15, 0.2) is 70.8 Å². The Morgan fingerprint density at radius 1 is 1.22 bits per heavy atom. The quantitative estimate of drug-likeness (QED) is 0.613. The Kier molecular flexibility index (Phi) is 5.67. The predicted molar refractivity (Wildman–Crippen MR) is 139 cm³/mol. The molecule has 3 heterocycles. The van der Waals surface area contributed by atoms with E-state index in [-0.39, 0.29) is 6.04 Å². The number of ether oxygens (including phenoxy) is 2. The van der Waals surface area contributed by atoms with Crippen molar-refractivity contribution >= 4 is 26.7 Å². The number of hydrogen-bond acceptors (Lipinski definition) is 6. The Balaban J connectivity index is 1.80. The van der Waals surface area contributed by atoms with Crippen molar-refractivity contribution in [2.24, 2.45) is 0 Å². The normalized spacial score (nSPS) is 24.1. The number of benzene rings is 1. The van der Waals surface area contributed by atoms with Gasteiger partial charge in [0.05, 0.1) is 29.9 Å². The van der Waals surface area contributed by atoms with Gasteiger partial charge < -0.3 is 14.4 Å². The zero-order chi connectivity index (χ0) is 26.0. The number of nitriles is 1. The molecular formula is C27H30N4O4S. The summed E-state index contributed by atoms with van der Waals surface area (Å²) >= 11 is 0. The molecule has 1 aromatic heterocycles. The second kappa shape index (κ2) is 8.37. The molecule has 0 radical (unpaired) electrons. The Morgan fingerprint density at radius 3 is 2.58 bits per heavy atom. The molecule has 9 heteroatoms. The monoisotopic (exact) mass is 506 g/mol. The van der Waals surface area contributed by atoms with Crippen molar-refractivity contribution in [1.29, 1.82) is 5.26 Å². The van der Waals surface area contributed by atoms with Gasteiger partial charge >= 0.3 is 10.2 Å². The van der Waals surface area contributed by atoms with Crippen LogP contribution in [-0.4, -0.2) is 68.1 Å². The summed E-state index contributed by atoms with van der Waals surface area (Å²) < 4.78 is 40.3. The van der Waals surface area contributed by atoms with Crippen LogP contribution in [0.1, 0.15) is 25.8 Å². The highest BCUT2D eigenvalue weighted by Gasteiger charge is 2.43. The SMILES string of the molecule is COC1=CC2=C3C(C#N)=C(c4cn(S(=O)(=O)N(C)C)c5ccccc45)C(C)N3CCC2=CC1(C)OC. The number of fused-ring (bicyclic) bond motifs is 3. The summed E-state index contributed by atoms with van der Waals surface area (Å²) in [6.07, 6.45) is 6.52. The van der Waals surface area contributed by atoms with Crippen LogP contribution in [0.5, 0.6) is 0 Å². The molecule has 0 fully saturated rings. The fourth-order valence-corrected chi connectivity index (χ4v) is 6.56. The van der Waals surface area contributed by atoms with Crippen molar-refractivity contribution in [3.63, 3.8) is 0 Å². The van der Waals surface area contributed by atoms with E-state index in [4.69, 9.17) is 9.47 Å². The second-order valence-corrected chi connectivity index (χ2v) is 11.6. The van der Waals surface area contributed by atoms with Gasteiger partial charge in [-0.3, -0.25) is 0 Å². The van der Waals surface area contributed by atoms with E-state index in [0.29, 0.717) is 16.8 Å². The molecule has 0 spiro atoms. The van der Waals surface area contributed by atoms with Gasteiger partial charge in [0.2, 0.25) is 0 Å². The summed E-state index contributed by atoms with van der Waals surface area (Å²) in [5.74, 6) is 0.671. The molecule has 0 bridgehead atoms.